The molecule has 2 saturated heterocycles. The van der Waals surface area contributed by atoms with Crippen LogP contribution in [0.4, 0.5) is 0 Å². The van der Waals surface area contributed by atoms with E-state index in [1.165, 1.54) is 0 Å². The standard InChI is InChI=1S/C15H26N2O3/c18-14(17-12-1-2-12)3-7-16-13-4-8-20-15(11-13)5-9-19-10-6-15/h12-13,16H,1-11H2,(H,17,18). The van der Waals surface area contributed by atoms with Crippen molar-refractivity contribution in [2.75, 3.05) is 26.4 Å². The van der Waals surface area contributed by atoms with Crippen LogP contribution in [0.15, 0.2) is 0 Å². The van der Waals surface area contributed by atoms with E-state index in [0.717, 1.165) is 64.9 Å². The third-order valence-corrected chi connectivity index (χ3v) is 4.62. The van der Waals surface area contributed by atoms with Crippen molar-refractivity contribution in [3.63, 3.8) is 0 Å². The molecule has 0 aromatic heterocycles. The Labute approximate surface area is 120 Å². The van der Waals surface area contributed by atoms with Gasteiger partial charge in [-0.3, -0.25) is 4.79 Å². The first kappa shape index (κ1) is 14.3. The second kappa shape index (κ2) is 6.41. The molecular formula is C15H26N2O3. The second-order valence-corrected chi connectivity index (χ2v) is 6.38. The summed E-state index contributed by atoms with van der Waals surface area (Å²) in [4.78, 5) is 11.6. The summed E-state index contributed by atoms with van der Waals surface area (Å²) in [5, 5.41) is 6.56. The molecule has 3 fully saturated rings. The topological polar surface area (TPSA) is 59.6 Å². The highest BCUT2D eigenvalue weighted by atomic mass is 16.5. The Kier molecular flexibility index (Phi) is 4.58. The highest BCUT2D eigenvalue weighted by Crippen LogP contribution is 2.34. The third kappa shape index (κ3) is 3.93. The zero-order valence-corrected chi connectivity index (χ0v) is 12.2. The summed E-state index contributed by atoms with van der Waals surface area (Å²) in [5.41, 5.74) is 0.0322. The van der Waals surface area contributed by atoms with E-state index in [0.29, 0.717) is 18.5 Å². The zero-order chi connectivity index (χ0) is 13.8. The first-order chi connectivity index (χ1) is 9.76. The van der Waals surface area contributed by atoms with Crippen molar-refractivity contribution in [3.05, 3.63) is 0 Å². The van der Waals surface area contributed by atoms with Gasteiger partial charge in [0.05, 0.1) is 5.60 Å². The molecule has 1 unspecified atom stereocenters. The maximum absolute atomic E-state index is 11.6. The Balaban J connectivity index is 1.37. The lowest BCUT2D eigenvalue weighted by Crippen LogP contribution is -2.50. The van der Waals surface area contributed by atoms with Crippen molar-refractivity contribution in [2.45, 2.75) is 62.6 Å². The summed E-state index contributed by atoms with van der Waals surface area (Å²) in [6, 6.07) is 0.951. The Hall–Kier alpha value is -0.650. The fourth-order valence-corrected chi connectivity index (χ4v) is 3.21. The molecule has 5 heteroatoms. The second-order valence-electron chi connectivity index (χ2n) is 6.38. The van der Waals surface area contributed by atoms with E-state index >= 15 is 0 Å². The SMILES string of the molecule is O=C(CCNC1CCOC2(CCOCC2)C1)NC1CC1. The van der Waals surface area contributed by atoms with Crippen LogP contribution in [0.3, 0.4) is 0 Å². The van der Waals surface area contributed by atoms with Crippen LogP contribution in [0.5, 0.6) is 0 Å². The Morgan fingerprint density at radius 1 is 1.10 bits per heavy atom. The summed E-state index contributed by atoms with van der Waals surface area (Å²) < 4.78 is 11.5. The van der Waals surface area contributed by atoms with Crippen LogP contribution in [-0.2, 0) is 14.3 Å². The van der Waals surface area contributed by atoms with Crippen molar-refractivity contribution in [1.82, 2.24) is 10.6 Å². The number of hydrogen-bond donors (Lipinski definition) is 2. The average molecular weight is 282 g/mol. The lowest BCUT2D eigenvalue weighted by molar-refractivity contribution is -0.140. The van der Waals surface area contributed by atoms with Gasteiger partial charge in [-0.15, -0.1) is 0 Å². The van der Waals surface area contributed by atoms with Crippen LogP contribution in [0.25, 0.3) is 0 Å². The monoisotopic (exact) mass is 282 g/mol. The van der Waals surface area contributed by atoms with E-state index in [4.69, 9.17) is 9.47 Å². The number of rotatable bonds is 5. The lowest BCUT2D eigenvalue weighted by Gasteiger charge is -2.43. The highest BCUT2D eigenvalue weighted by Gasteiger charge is 2.38. The van der Waals surface area contributed by atoms with E-state index in [1.807, 2.05) is 0 Å². The first-order valence-corrected chi connectivity index (χ1v) is 8.00. The largest absolute Gasteiger partial charge is 0.381 e. The maximum atomic E-state index is 11.6. The van der Waals surface area contributed by atoms with Gasteiger partial charge in [-0.25, -0.2) is 0 Å². The van der Waals surface area contributed by atoms with Crippen molar-refractivity contribution >= 4 is 5.91 Å². The fourth-order valence-electron chi connectivity index (χ4n) is 3.21. The zero-order valence-electron chi connectivity index (χ0n) is 12.2. The number of hydrogen-bond acceptors (Lipinski definition) is 4. The van der Waals surface area contributed by atoms with Gasteiger partial charge in [0.15, 0.2) is 0 Å². The molecule has 1 saturated carbocycles. The summed E-state index contributed by atoms with van der Waals surface area (Å²) in [6.45, 7) is 3.23. The van der Waals surface area contributed by atoms with E-state index in [2.05, 4.69) is 10.6 Å². The summed E-state index contributed by atoms with van der Waals surface area (Å²) in [5.74, 6) is 0.188. The predicted octanol–water partition coefficient (Wildman–Crippen LogP) is 0.973. The van der Waals surface area contributed by atoms with E-state index in [9.17, 15) is 4.79 Å². The van der Waals surface area contributed by atoms with Crippen LogP contribution in [-0.4, -0.2) is 50.0 Å². The van der Waals surface area contributed by atoms with Crippen LogP contribution in [0.2, 0.25) is 0 Å². The number of amides is 1. The molecule has 2 N–H and O–H groups in total. The van der Waals surface area contributed by atoms with Crippen molar-refractivity contribution < 1.29 is 14.3 Å². The van der Waals surface area contributed by atoms with Crippen molar-refractivity contribution in [2.24, 2.45) is 0 Å². The molecule has 0 bridgehead atoms. The van der Waals surface area contributed by atoms with Gasteiger partial charge in [0.25, 0.3) is 0 Å². The molecule has 1 spiro atoms. The number of nitrogens with one attached hydrogen (secondary N) is 2. The molecule has 114 valence electrons. The Bertz CT molecular complexity index is 333. The molecular weight excluding hydrogens is 256 g/mol. The van der Waals surface area contributed by atoms with Gasteiger partial charge in [-0.05, 0) is 38.5 Å². The number of carbonyl (C=O) groups is 1. The van der Waals surface area contributed by atoms with Crippen LogP contribution >= 0.6 is 0 Å². The summed E-state index contributed by atoms with van der Waals surface area (Å²) >= 11 is 0. The van der Waals surface area contributed by atoms with Crippen LogP contribution < -0.4 is 10.6 Å². The van der Waals surface area contributed by atoms with Crippen LogP contribution in [0, 0.1) is 0 Å². The van der Waals surface area contributed by atoms with Gasteiger partial charge in [0, 0.05) is 44.9 Å². The smallest absolute Gasteiger partial charge is 0.221 e. The van der Waals surface area contributed by atoms with Crippen molar-refractivity contribution in [1.29, 1.82) is 0 Å². The Morgan fingerprint density at radius 2 is 1.90 bits per heavy atom. The fraction of sp³-hybridized carbons (Fsp3) is 0.933. The van der Waals surface area contributed by atoms with Crippen LogP contribution in [0.1, 0.15) is 44.9 Å². The third-order valence-electron chi connectivity index (χ3n) is 4.62. The molecule has 1 amide bonds. The average Bonchev–Trinajstić information content (AvgIpc) is 3.24. The van der Waals surface area contributed by atoms with Crippen molar-refractivity contribution in [3.8, 4) is 0 Å². The van der Waals surface area contributed by atoms with Gasteiger partial charge < -0.3 is 20.1 Å². The molecule has 0 radical (unpaired) electrons. The van der Waals surface area contributed by atoms with Gasteiger partial charge in [-0.2, -0.15) is 0 Å². The molecule has 0 aromatic rings. The molecule has 2 aliphatic heterocycles. The van der Waals surface area contributed by atoms with E-state index < -0.39 is 0 Å². The van der Waals surface area contributed by atoms with Gasteiger partial charge >= 0.3 is 0 Å². The first-order valence-electron chi connectivity index (χ1n) is 8.00. The van der Waals surface area contributed by atoms with E-state index in [1.54, 1.807) is 0 Å². The quantitative estimate of drug-likeness (QED) is 0.789. The lowest BCUT2D eigenvalue weighted by atomic mass is 9.84. The minimum atomic E-state index is 0.0322. The Morgan fingerprint density at radius 3 is 2.65 bits per heavy atom. The van der Waals surface area contributed by atoms with Gasteiger partial charge in [0.2, 0.25) is 5.91 Å². The molecule has 1 aliphatic carbocycles. The van der Waals surface area contributed by atoms with E-state index in [-0.39, 0.29) is 11.5 Å². The number of ether oxygens (including phenoxy) is 2. The molecule has 3 aliphatic rings. The molecule has 2 heterocycles. The molecule has 5 nitrogen and oxygen atoms in total. The molecule has 1 atom stereocenters. The highest BCUT2D eigenvalue weighted by molar-refractivity contribution is 5.76. The maximum Gasteiger partial charge on any atom is 0.221 e. The molecule has 0 aromatic carbocycles. The normalized spacial score (nSPS) is 29.3. The summed E-state index contributed by atoms with van der Waals surface area (Å²) in [6.07, 6.45) is 7.02. The molecule has 20 heavy (non-hydrogen) atoms. The number of carbonyl (C=O) groups excluding carboxylic acids is 1. The molecule has 3 rings (SSSR count). The predicted molar refractivity (Wildman–Crippen MR) is 75.5 cm³/mol. The summed E-state index contributed by atoms with van der Waals surface area (Å²) in [7, 11) is 0. The van der Waals surface area contributed by atoms with Gasteiger partial charge in [0.1, 0.15) is 0 Å². The minimum absolute atomic E-state index is 0.0322. The van der Waals surface area contributed by atoms with Gasteiger partial charge in [-0.1, -0.05) is 0 Å². The minimum Gasteiger partial charge on any atom is -0.381 e.